The summed E-state index contributed by atoms with van der Waals surface area (Å²) in [6, 6.07) is 6.67. The maximum Gasteiger partial charge on any atom is 0.461 e. The molecule has 0 radical (unpaired) electrons. The third kappa shape index (κ3) is 2.22. The lowest BCUT2D eigenvalue weighted by atomic mass is 9.79. The summed E-state index contributed by atoms with van der Waals surface area (Å²) in [5, 5.41) is 1.13. The van der Waals surface area contributed by atoms with Gasteiger partial charge in [-0.3, -0.25) is 0 Å². The minimum Gasteiger partial charge on any atom is -0.403 e. The van der Waals surface area contributed by atoms with Gasteiger partial charge in [0.2, 0.25) is 0 Å². The lowest BCUT2D eigenvalue weighted by Gasteiger charge is -2.32. The molecule has 1 aromatic heterocycles. The van der Waals surface area contributed by atoms with Crippen molar-refractivity contribution in [3.05, 3.63) is 28.8 Å². The number of rotatable bonds is 2. The monoisotopic (exact) mass is 315 g/mol. The molecule has 0 N–H and O–H groups in total. The molecule has 5 heteroatoms. The highest BCUT2D eigenvalue weighted by molar-refractivity contribution is 7.18. The summed E-state index contributed by atoms with van der Waals surface area (Å²) >= 11 is 1.77. The standard InChI is InChI=1S/C17H22BNO2S/c1-10-19-14-7-6-11(8-15(14)22-10)12-9-13(12)18-20-16(2,3)17(4,5)21-18/h6-8,12-13H,9H2,1-5H3/t12-,13+/m1/s1. The topological polar surface area (TPSA) is 31.4 Å². The fourth-order valence-corrected chi connectivity index (χ4v) is 4.12. The van der Waals surface area contributed by atoms with E-state index in [4.69, 9.17) is 9.31 Å². The quantitative estimate of drug-likeness (QED) is 0.762. The summed E-state index contributed by atoms with van der Waals surface area (Å²) in [6.07, 6.45) is 1.15. The van der Waals surface area contributed by atoms with Gasteiger partial charge in [-0.25, -0.2) is 4.98 Å². The highest BCUT2D eigenvalue weighted by atomic mass is 32.1. The highest BCUT2D eigenvalue weighted by Gasteiger charge is 2.59. The van der Waals surface area contributed by atoms with Gasteiger partial charge in [0.05, 0.1) is 26.4 Å². The molecule has 2 heterocycles. The van der Waals surface area contributed by atoms with Crippen LogP contribution in [0.4, 0.5) is 0 Å². The molecular weight excluding hydrogens is 293 g/mol. The molecule has 0 amide bonds. The number of aromatic nitrogens is 1. The first-order chi connectivity index (χ1) is 10.3. The third-order valence-corrected chi connectivity index (χ3v) is 6.34. The number of aryl methyl sites for hydroxylation is 1. The summed E-state index contributed by atoms with van der Waals surface area (Å²) in [5.74, 6) is 1.04. The van der Waals surface area contributed by atoms with E-state index in [1.165, 1.54) is 10.3 Å². The second kappa shape index (κ2) is 4.56. The summed E-state index contributed by atoms with van der Waals surface area (Å²) in [4.78, 5) is 4.54. The largest absolute Gasteiger partial charge is 0.461 e. The molecule has 116 valence electrons. The van der Waals surface area contributed by atoms with Crippen LogP contribution in [0.15, 0.2) is 18.2 Å². The molecule has 4 rings (SSSR count). The highest BCUT2D eigenvalue weighted by Crippen LogP contribution is 2.58. The smallest absolute Gasteiger partial charge is 0.403 e. The minimum absolute atomic E-state index is 0.0751. The van der Waals surface area contributed by atoms with Crippen molar-refractivity contribution in [1.29, 1.82) is 0 Å². The Bertz CT molecular complexity index is 723. The van der Waals surface area contributed by atoms with Crippen LogP contribution >= 0.6 is 11.3 Å². The SMILES string of the molecule is Cc1nc2ccc([C@H]3C[C@@H]3B3OC(C)(C)C(C)(C)O3)cc2s1. The molecule has 1 saturated carbocycles. The van der Waals surface area contributed by atoms with E-state index in [-0.39, 0.29) is 18.3 Å². The fraction of sp³-hybridized carbons (Fsp3) is 0.588. The fourth-order valence-electron chi connectivity index (χ4n) is 3.25. The molecule has 22 heavy (non-hydrogen) atoms. The normalized spacial score (nSPS) is 29.2. The maximum atomic E-state index is 6.20. The lowest BCUT2D eigenvalue weighted by molar-refractivity contribution is 0.00578. The zero-order chi connectivity index (χ0) is 15.7. The molecule has 2 fully saturated rings. The van der Waals surface area contributed by atoms with E-state index in [1.807, 2.05) is 0 Å². The Hall–Kier alpha value is -0.905. The van der Waals surface area contributed by atoms with E-state index in [9.17, 15) is 0 Å². The summed E-state index contributed by atoms with van der Waals surface area (Å²) in [5.41, 5.74) is 2.04. The van der Waals surface area contributed by atoms with Crippen molar-refractivity contribution in [3.63, 3.8) is 0 Å². The molecule has 1 saturated heterocycles. The zero-order valence-electron chi connectivity index (χ0n) is 13.8. The Kier molecular flexibility index (Phi) is 3.04. The van der Waals surface area contributed by atoms with Crippen molar-refractivity contribution in [1.82, 2.24) is 4.98 Å². The van der Waals surface area contributed by atoms with E-state index in [0.29, 0.717) is 11.7 Å². The molecule has 2 aromatic rings. The molecule has 1 aromatic carbocycles. The van der Waals surface area contributed by atoms with Gasteiger partial charge in [-0.05, 0) is 64.7 Å². The number of hydrogen-bond acceptors (Lipinski definition) is 4. The Balaban J connectivity index is 1.54. The van der Waals surface area contributed by atoms with Crippen LogP contribution < -0.4 is 0 Å². The molecule has 2 atom stereocenters. The van der Waals surface area contributed by atoms with Gasteiger partial charge in [0.25, 0.3) is 0 Å². The van der Waals surface area contributed by atoms with Gasteiger partial charge in [-0.15, -0.1) is 11.3 Å². The molecule has 2 aliphatic rings. The second-order valence-electron chi connectivity index (χ2n) is 7.59. The van der Waals surface area contributed by atoms with E-state index < -0.39 is 0 Å². The third-order valence-electron chi connectivity index (χ3n) is 5.41. The van der Waals surface area contributed by atoms with Gasteiger partial charge in [-0.1, -0.05) is 6.07 Å². The summed E-state index contributed by atoms with van der Waals surface area (Å²) in [6.45, 7) is 10.6. The average molecular weight is 315 g/mol. The van der Waals surface area contributed by atoms with Crippen LogP contribution in [0.25, 0.3) is 10.2 Å². The van der Waals surface area contributed by atoms with E-state index in [1.54, 1.807) is 11.3 Å². The number of benzene rings is 1. The molecule has 1 aliphatic heterocycles. The van der Waals surface area contributed by atoms with E-state index in [2.05, 4.69) is 57.8 Å². The van der Waals surface area contributed by atoms with Crippen LogP contribution in [0.5, 0.6) is 0 Å². The van der Waals surface area contributed by atoms with Crippen molar-refractivity contribution in [2.24, 2.45) is 0 Å². The van der Waals surface area contributed by atoms with Crippen LogP contribution in [0.3, 0.4) is 0 Å². The Labute approximate surface area is 136 Å². The van der Waals surface area contributed by atoms with Gasteiger partial charge in [0.15, 0.2) is 0 Å². The zero-order valence-corrected chi connectivity index (χ0v) is 14.7. The molecule has 0 unspecified atom stereocenters. The first kappa shape index (κ1) is 14.7. The predicted molar refractivity (Wildman–Crippen MR) is 91.5 cm³/mol. The Morgan fingerprint density at radius 3 is 2.55 bits per heavy atom. The predicted octanol–water partition coefficient (Wildman–Crippen LogP) is 4.55. The Morgan fingerprint density at radius 2 is 1.86 bits per heavy atom. The molecule has 0 spiro atoms. The Morgan fingerprint density at radius 1 is 1.18 bits per heavy atom. The summed E-state index contributed by atoms with van der Waals surface area (Å²) < 4.78 is 13.7. The molecule has 1 aliphatic carbocycles. The van der Waals surface area contributed by atoms with Crippen molar-refractivity contribution in [2.75, 3.05) is 0 Å². The van der Waals surface area contributed by atoms with Crippen molar-refractivity contribution in [2.45, 2.75) is 64.0 Å². The van der Waals surface area contributed by atoms with Gasteiger partial charge in [0.1, 0.15) is 0 Å². The lowest BCUT2D eigenvalue weighted by Crippen LogP contribution is -2.41. The second-order valence-corrected chi connectivity index (χ2v) is 8.83. The number of nitrogens with zero attached hydrogens (tertiary/aromatic N) is 1. The van der Waals surface area contributed by atoms with Crippen LogP contribution in [0, 0.1) is 6.92 Å². The maximum absolute atomic E-state index is 6.20. The number of thiazole rings is 1. The van der Waals surface area contributed by atoms with Crippen LogP contribution in [0.1, 0.15) is 50.6 Å². The summed E-state index contributed by atoms with van der Waals surface area (Å²) in [7, 11) is -0.0751. The molecular formula is C17H22BNO2S. The van der Waals surface area contributed by atoms with E-state index >= 15 is 0 Å². The van der Waals surface area contributed by atoms with Crippen LogP contribution in [-0.2, 0) is 9.31 Å². The van der Waals surface area contributed by atoms with Gasteiger partial charge in [-0.2, -0.15) is 0 Å². The molecule has 0 bridgehead atoms. The number of fused-ring (bicyclic) bond motifs is 1. The van der Waals surface area contributed by atoms with Crippen LogP contribution in [-0.4, -0.2) is 23.3 Å². The van der Waals surface area contributed by atoms with Crippen molar-refractivity contribution < 1.29 is 9.31 Å². The minimum atomic E-state index is -0.233. The van der Waals surface area contributed by atoms with Gasteiger partial charge >= 0.3 is 7.12 Å². The van der Waals surface area contributed by atoms with E-state index in [0.717, 1.165) is 16.9 Å². The van der Waals surface area contributed by atoms with Crippen molar-refractivity contribution in [3.8, 4) is 0 Å². The molecule has 3 nitrogen and oxygen atoms in total. The average Bonchev–Trinajstić information content (AvgIpc) is 3.06. The van der Waals surface area contributed by atoms with Crippen LogP contribution in [0.2, 0.25) is 5.82 Å². The van der Waals surface area contributed by atoms with Crippen molar-refractivity contribution >= 4 is 28.7 Å². The first-order valence-corrected chi connectivity index (χ1v) is 8.81. The number of hydrogen-bond donors (Lipinski definition) is 0. The first-order valence-electron chi connectivity index (χ1n) is 7.99. The van der Waals surface area contributed by atoms with Gasteiger partial charge in [0, 0.05) is 5.82 Å². The van der Waals surface area contributed by atoms with Gasteiger partial charge < -0.3 is 9.31 Å².